The molecule has 1 aliphatic rings. The maximum Gasteiger partial charge on any atom is 0.164 e. The lowest BCUT2D eigenvalue weighted by Crippen LogP contribution is -2.46. The first-order valence-electron chi connectivity index (χ1n) is 7.49. The molecule has 1 N–H and O–H groups in total. The fraction of sp³-hybridized carbons (Fsp3) is 0.263. The van der Waals surface area contributed by atoms with Gasteiger partial charge >= 0.3 is 0 Å². The van der Waals surface area contributed by atoms with Gasteiger partial charge in [-0.05, 0) is 60.9 Å². The number of nitriles is 1. The normalized spacial score (nSPS) is 18.7. The number of halogens is 1. The van der Waals surface area contributed by atoms with Crippen LogP contribution in [0.15, 0.2) is 36.4 Å². The Balaban J connectivity index is 2.11. The van der Waals surface area contributed by atoms with Crippen LogP contribution >= 0.6 is 0 Å². The summed E-state index contributed by atoms with van der Waals surface area (Å²) in [6.45, 7) is 5.63. The third kappa shape index (κ3) is 2.59. The molecule has 0 spiro atoms. The van der Waals surface area contributed by atoms with E-state index in [9.17, 15) is 9.18 Å². The second kappa shape index (κ2) is 5.20. The van der Waals surface area contributed by atoms with E-state index in [-0.39, 0.29) is 17.3 Å². The number of rotatable bonds is 1. The van der Waals surface area contributed by atoms with E-state index in [2.05, 4.69) is 5.32 Å². The molecule has 1 heterocycles. The van der Waals surface area contributed by atoms with Crippen molar-refractivity contribution in [3.05, 3.63) is 53.3 Å². The Hall–Kier alpha value is -2.67. The van der Waals surface area contributed by atoms with Crippen molar-refractivity contribution in [2.45, 2.75) is 32.2 Å². The van der Waals surface area contributed by atoms with Crippen LogP contribution in [0.25, 0.3) is 11.1 Å². The van der Waals surface area contributed by atoms with Gasteiger partial charge in [0, 0.05) is 11.6 Å². The van der Waals surface area contributed by atoms with Crippen molar-refractivity contribution in [3.63, 3.8) is 0 Å². The summed E-state index contributed by atoms with van der Waals surface area (Å²) in [5.74, 6) is -0.551. The molecule has 1 atom stereocenters. The molecule has 2 aromatic rings. The van der Waals surface area contributed by atoms with E-state index < -0.39 is 11.4 Å². The largest absolute Gasteiger partial charge is 0.373 e. The number of ketones is 1. The third-order valence-corrected chi connectivity index (χ3v) is 4.33. The Kier molecular flexibility index (Phi) is 3.45. The summed E-state index contributed by atoms with van der Waals surface area (Å²) < 4.78 is 13.7. The summed E-state index contributed by atoms with van der Waals surface area (Å²) in [5, 5.41) is 12.2. The lowest BCUT2D eigenvalue weighted by Gasteiger charge is -2.36. The highest BCUT2D eigenvalue weighted by molar-refractivity contribution is 6.00. The standard InChI is InChI=1S/C19H17FN2O/c1-11-16-9-13(14-6-12(10-21)7-15(20)8-14)4-5-17(16)22-19(2,3)18(11)23/h4-9,11,22H,1-3H3. The minimum absolute atomic E-state index is 0.124. The zero-order chi connectivity index (χ0) is 16.8. The Morgan fingerprint density at radius 2 is 1.91 bits per heavy atom. The van der Waals surface area contributed by atoms with E-state index in [4.69, 9.17) is 5.26 Å². The summed E-state index contributed by atoms with van der Waals surface area (Å²) in [7, 11) is 0. The first-order valence-corrected chi connectivity index (χ1v) is 7.49. The summed E-state index contributed by atoms with van der Waals surface area (Å²) in [4.78, 5) is 12.4. The van der Waals surface area contributed by atoms with Crippen LogP contribution in [0, 0.1) is 17.1 Å². The molecule has 0 radical (unpaired) electrons. The van der Waals surface area contributed by atoms with Crippen LogP contribution in [-0.2, 0) is 4.79 Å². The lowest BCUT2D eigenvalue weighted by atomic mass is 9.80. The molecule has 1 aliphatic heterocycles. The molecule has 0 saturated heterocycles. The van der Waals surface area contributed by atoms with Gasteiger partial charge in [-0.3, -0.25) is 4.79 Å². The number of fused-ring (bicyclic) bond motifs is 1. The van der Waals surface area contributed by atoms with Crippen molar-refractivity contribution in [2.24, 2.45) is 0 Å². The van der Waals surface area contributed by atoms with E-state index in [1.807, 2.05) is 45.0 Å². The van der Waals surface area contributed by atoms with E-state index in [1.54, 1.807) is 6.07 Å². The summed E-state index contributed by atoms with van der Waals surface area (Å²) in [6.07, 6.45) is 0. The molecule has 1 unspecified atom stereocenters. The van der Waals surface area contributed by atoms with Crippen LogP contribution in [-0.4, -0.2) is 11.3 Å². The van der Waals surface area contributed by atoms with Crippen molar-refractivity contribution in [1.82, 2.24) is 0 Å². The Bertz CT molecular complexity index is 849. The zero-order valence-corrected chi connectivity index (χ0v) is 13.3. The summed E-state index contributed by atoms with van der Waals surface area (Å²) >= 11 is 0. The van der Waals surface area contributed by atoms with Crippen LogP contribution in [0.2, 0.25) is 0 Å². The van der Waals surface area contributed by atoms with Gasteiger partial charge in [0.15, 0.2) is 5.78 Å². The molecule has 3 nitrogen and oxygen atoms in total. The van der Waals surface area contributed by atoms with Crippen molar-refractivity contribution < 1.29 is 9.18 Å². The topological polar surface area (TPSA) is 52.9 Å². The number of nitrogens with one attached hydrogen (secondary N) is 1. The molecule has 23 heavy (non-hydrogen) atoms. The highest BCUT2D eigenvalue weighted by atomic mass is 19.1. The van der Waals surface area contributed by atoms with Gasteiger partial charge in [0.1, 0.15) is 5.82 Å². The van der Waals surface area contributed by atoms with Gasteiger partial charge in [-0.2, -0.15) is 5.26 Å². The number of hydrogen-bond donors (Lipinski definition) is 1. The molecule has 0 bridgehead atoms. The van der Waals surface area contributed by atoms with E-state index >= 15 is 0 Å². The second-order valence-electron chi connectivity index (χ2n) is 6.48. The first kappa shape index (κ1) is 15.2. The SMILES string of the molecule is CC1C(=O)C(C)(C)Nc2ccc(-c3cc(F)cc(C#N)c3)cc21. The quantitative estimate of drug-likeness (QED) is 0.857. The molecule has 0 fully saturated rings. The minimum Gasteiger partial charge on any atom is -0.373 e. The smallest absolute Gasteiger partial charge is 0.164 e. The van der Waals surface area contributed by atoms with Crippen LogP contribution < -0.4 is 5.32 Å². The van der Waals surface area contributed by atoms with Crippen molar-refractivity contribution in [3.8, 4) is 17.2 Å². The van der Waals surface area contributed by atoms with Gasteiger partial charge in [-0.15, -0.1) is 0 Å². The van der Waals surface area contributed by atoms with Crippen LogP contribution in [0.1, 0.15) is 37.8 Å². The monoisotopic (exact) mass is 308 g/mol. The highest BCUT2D eigenvalue weighted by Gasteiger charge is 2.37. The van der Waals surface area contributed by atoms with E-state index in [0.29, 0.717) is 5.56 Å². The predicted molar refractivity (Wildman–Crippen MR) is 87.7 cm³/mol. The molecule has 4 heteroatoms. The fourth-order valence-corrected chi connectivity index (χ4v) is 3.12. The number of carbonyl (C=O) groups excluding carboxylic acids is 1. The average molecular weight is 308 g/mol. The van der Waals surface area contributed by atoms with Crippen LogP contribution in [0.3, 0.4) is 0 Å². The molecular formula is C19H17FN2O. The second-order valence-corrected chi connectivity index (χ2v) is 6.48. The lowest BCUT2D eigenvalue weighted by molar-refractivity contribution is -0.123. The molecule has 3 rings (SSSR count). The van der Waals surface area contributed by atoms with Crippen molar-refractivity contribution in [2.75, 3.05) is 5.32 Å². The van der Waals surface area contributed by atoms with Crippen LogP contribution in [0.4, 0.5) is 10.1 Å². The molecule has 0 aliphatic carbocycles. The van der Waals surface area contributed by atoms with E-state index in [1.165, 1.54) is 12.1 Å². The number of nitrogens with zero attached hydrogens (tertiary/aromatic N) is 1. The number of carbonyl (C=O) groups is 1. The summed E-state index contributed by atoms with van der Waals surface area (Å²) in [5.41, 5.74) is 2.93. The maximum atomic E-state index is 13.7. The molecular weight excluding hydrogens is 291 g/mol. The number of anilines is 1. The minimum atomic E-state index is -0.596. The Labute approximate surface area is 134 Å². The number of hydrogen-bond acceptors (Lipinski definition) is 3. The molecule has 116 valence electrons. The third-order valence-electron chi connectivity index (χ3n) is 4.33. The average Bonchev–Trinajstić information content (AvgIpc) is 2.51. The number of benzene rings is 2. The van der Waals surface area contributed by atoms with Gasteiger partial charge in [0.25, 0.3) is 0 Å². The number of Topliss-reactive ketones (excluding diaryl/α,β-unsaturated/α-hetero) is 1. The Morgan fingerprint density at radius 3 is 2.61 bits per heavy atom. The van der Waals surface area contributed by atoms with E-state index in [0.717, 1.165) is 16.8 Å². The molecule has 0 amide bonds. The zero-order valence-electron chi connectivity index (χ0n) is 13.3. The van der Waals surface area contributed by atoms with Crippen molar-refractivity contribution in [1.29, 1.82) is 5.26 Å². The Morgan fingerprint density at radius 1 is 1.17 bits per heavy atom. The van der Waals surface area contributed by atoms with Gasteiger partial charge in [-0.1, -0.05) is 13.0 Å². The molecule has 2 aromatic carbocycles. The molecule has 0 saturated carbocycles. The van der Waals surface area contributed by atoms with Crippen LogP contribution in [0.5, 0.6) is 0 Å². The van der Waals surface area contributed by atoms with Gasteiger partial charge in [0.05, 0.1) is 17.2 Å². The summed E-state index contributed by atoms with van der Waals surface area (Å²) in [6, 6.07) is 11.9. The van der Waals surface area contributed by atoms with Crippen molar-refractivity contribution >= 4 is 11.5 Å². The first-order chi connectivity index (χ1) is 10.8. The van der Waals surface area contributed by atoms with Gasteiger partial charge in [0.2, 0.25) is 0 Å². The predicted octanol–water partition coefficient (Wildman–Crippen LogP) is 4.24. The fourth-order valence-electron chi connectivity index (χ4n) is 3.12. The molecule has 0 aromatic heterocycles. The van der Waals surface area contributed by atoms with Gasteiger partial charge in [-0.25, -0.2) is 4.39 Å². The highest BCUT2D eigenvalue weighted by Crippen LogP contribution is 2.38. The van der Waals surface area contributed by atoms with Gasteiger partial charge < -0.3 is 5.32 Å². The maximum absolute atomic E-state index is 13.7.